The molecule has 1 saturated heterocycles. The maximum atomic E-state index is 12.3. The summed E-state index contributed by atoms with van der Waals surface area (Å²) < 4.78 is 5.82. The molecular formula is C22H25ClN2O3. The van der Waals surface area contributed by atoms with E-state index in [1.165, 1.54) is 0 Å². The van der Waals surface area contributed by atoms with Gasteiger partial charge in [-0.05, 0) is 48.6 Å². The molecule has 0 saturated carbocycles. The van der Waals surface area contributed by atoms with E-state index in [0.29, 0.717) is 37.8 Å². The van der Waals surface area contributed by atoms with Gasteiger partial charge in [-0.2, -0.15) is 0 Å². The largest absolute Gasteiger partial charge is 0.376 e. The van der Waals surface area contributed by atoms with Gasteiger partial charge in [0.2, 0.25) is 5.91 Å². The Balaban J connectivity index is 1.33. The van der Waals surface area contributed by atoms with Crippen molar-refractivity contribution in [2.45, 2.75) is 19.4 Å². The van der Waals surface area contributed by atoms with Gasteiger partial charge in [0.1, 0.15) is 0 Å². The summed E-state index contributed by atoms with van der Waals surface area (Å²) in [4.78, 5) is 26.2. The fraction of sp³-hybridized carbons (Fsp3) is 0.364. The quantitative estimate of drug-likeness (QED) is 0.773. The Morgan fingerprint density at radius 1 is 1.04 bits per heavy atom. The smallest absolute Gasteiger partial charge is 0.251 e. The Kier molecular flexibility index (Phi) is 7.46. The third-order valence-corrected chi connectivity index (χ3v) is 5.19. The first-order chi connectivity index (χ1) is 13.6. The minimum atomic E-state index is -0.223. The van der Waals surface area contributed by atoms with E-state index in [9.17, 15) is 9.59 Å². The zero-order chi connectivity index (χ0) is 19.8. The third kappa shape index (κ3) is 6.08. The summed E-state index contributed by atoms with van der Waals surface area (Å²) in [6, 6.07) is 16.6. The van der Waals surface area contributed by atoms with Crippen molar-refractivity contribution in [3.8, 4) is 0 Å². The molecule has 1 N–H and O–H groups in total. The first-order valence-electron chi connectivity index (χ1n) is 9.55. The van der Waals surface area contributed by atoms with Crippen molar-refractivity contribution in [1.82, 2.24) is 10.2 Å². The van der Waals surface area contributed by atoms with Gasteiger partial charge in [-0.25, -0.2) is 0 Å². The number of amides is 2. The number of halogens is 1. The van der Waals surface area contributed by atoms with Gasteiger partial charge >= 0.3 is 0 Å². The van der Waals surface area contributed by atoms with Gasteiger partial charge < -0.3 is 15.0 Å². The van der Waals surface area contributed by atoms with Crippen LogP contribution in [-0.4, -0.2) is 43.0 Å². The van der Waals surface area contributed by atoms with Crippen LogP contribution in [0.5, 0.6) is 0 Å². The molecule has 0 aromatic heterocycles. The molecule has 1 fully saturated rings. The van der Waals surface area contributed by atoms with Gasteiger partial charge in [-0.15, -0.1) is 0 Å². The molecule has 0 bridgehead atoms. The molecule has 0 spiro atoms. The number of hydrogen-bond donors (Lipinski definition) is 1. The fourth-order valence-corrected chi connectivity index (χ4v) is 3.36. The van der Waals surface area contributed by atoms with Crippen molar-refractivity contribution in [2.75, 3.05) is 26.2 Å². The standard InChI is InChI=1S/C22H25ClN2O3/c23-20-8-6-17(7-9-20)15-28-16-18-10-12-25(13-11-18)21(26)14-24-22(27)19-4-2-1-3-5-19/h1-9,18H,10-16H2,(H,24,27). The van der Waals surface area contributed by atoms with E-state index >= 15 is 0 Å². The molecule has 0 atom stereocenters. The van der Waals surface area contributed by atoms with Gasteiger partial charge in [-0.3, -0.25) is 9.59 Å². The summed E-state index contributed by atoms with van der Waals surface area (Å²) in [5, 5.41) is 3.42. The number of likely N-dealkylation sites (tertiary alicyclic amines) is 1. The van der Waals surface area contributed by atoms with Crippen LogP contribution in [0, 0.1) is 5.92 Å². The van der Waals surface area contributed by atoms with Crippen LogP contribution >= 0.6 is 11.6 Å². The highest BCUT2D eigenvalue weighted by molar-refractivity contribution is 6.30. The predicted octanol–water partition coefficient (Wildman–Crippen LogP) is 3.53. The van der Waals surface area contributed by atoms with Gasteiger partial charge in [-0.1, -0.05) is 41.9 Å². The molecule has 2 aromatic rings. The van der Waals surface area contributed by atoms with E-state index < -0.39 is 0 Å². The number of hydrogen-bond acceptors (Lipinski definition) is 3. The van der Waals surface area contributed by atoms with Crippen molar-refractivity contribution in [3.05, 3.63) is 70.7 Å². The van der Waals surface area contributed by atoms with E-state index in [1.807, 2.05) is 35.2 Å². The molecule has 2 amide bonds. The van der Waals surface area contributed by atoms with Gasteiger partial charge in [0.25, 0.3) is 5.91 Å². The van der Waals surface area contributed by atoms with Crippen LogP contribution < -0.4 is 5.32 Å². The summed E-state index contributed by atoms with van der Waals surface area (Å²) in [7, 11) is 0. The van der Waals surface area contributed by atoms with Crippen LogP contribution in [0.3, 0.4) is 0 Å². The first-order valence-corrected chi connectivity index (χ1v) is 9.93. The average molecular weight is 401 g/mol. The molecule has 28 heavy (non-hydrogen) atoms. The SMILES string of the molecule is O=C(NCC(=O)N1CCC(COCc2ccc(Cl)cc2)CC1)c1ccccc1. The van der Waals surface area contributed by atoms with Crippen molar-refractivity contribution in [1.29, 1.82) is 0 Å². The highest BCUT2D eigenvalue weighted by Crippen LogP contribution is 2.18. The molecule has 3 rings (SSSR count). The van der Waals surface area contributed by atoms with Gasteiger partial charge in [0.15, 0.2) is 0 Å². The van der Waals surface area contributed by atoms with E-state index in [4.69, 9.17) is 16.3 Å². The number of rotatable bonds is 7. The molecular weight excluding hydrogens is 376 g/mol. The van der Waals surface area contributed by atoms with Crippen molar-refractivity contribution >= 4 is 23.4 Å². The van der Waals surface area contributed by atoms with Crippen LogP contribution in [0.1, 0.15) is 28.8 Å². The first kappa shape index (κ1) is 20.4. The Hall–Kier alpha value is -2.37. The zero-order valence-corrected chi connectivity index (χ0v) is 16.5. The molecule has 6 heteroatoms. The monoisotopic (exact) mass is 400 g/mol. The lowest BCUT2D eigenvalue weighted by molar-refractivity contribution is -0.131. The van der Waals surface area contributed by atoms with Gasteiger partial charge in [0.05, 0.1) is 13.2 Å². The lowest BCUT2D eigenvalue weighted by Gasteiger charge is -2.32. The Morgan fingerprint density at radius 3 is 2.39 bits per heavy atom. The van der Waals surface area contributed by atoms with E-state index in [0.717, 1.165) is 23.4 Å². The molecule has 0 aliphatic carbocycles. The average Bonchev–Trinajstić information content (AvgIpc) is 2.74. The van der Waals surface area contributed by atoms with Gasteiger partial charge in [0, 0.05) is 30.3 Å². The minimum absolute atomic E-state index is 0.0332. The van der Waals surface area contributed by atoms with Crippen LogP contribution in [0.4, 0.5) is 0 Å². The number of carbonyl (C=O) groups excluding carboxylic acids is 2. The number of carbonyl (C=O) groups is 2. The lowest BCUT2D eigenvalue weighted by atomic mass is 9.98. The van der Waals surface area contributed by atoms with Crippen LogP contribution in [0.25, 0.3) is 0 Å². The molecule has 1 aliphatic heterocycles. The van der Waals surface area contributed by atoms with Crippen molar-refractivity contribution in [3.63, 3.8) is 0 Å². The number of piperidine rings is 1. The molecule has 5 nitrogen and oxygen atoms in total. The third-order valence-electron chi connectivity index (χ3n) is 4.94. The molecule has 0 unspecified atom stereocenters. The topological polar surface area (TPSA) is 58.6 Å². The zero-order valence-electron chi connectivity index (χ0n) is 15.8. The second-order valence-corrected chi connectivity index (χ2v) is 7.45. The lowest BCUT2D eigenvalue weighted by Crippen LogP contribution is -2.44. The second kappa shape index (κ2) is 10.2. The summed E-state index contributed by atoms with van der Waals surface area (Å²) in [6.45, 7) is 2.70. The maximum absolute atomic E-state index is 12.3. The minimum Gasteiger partial charge on any atom is -0.376 e. The highest BCUT2D eigenvalue weighted by atomic mass is 35.5. The second-order valence-electron chi connectivity index (χ2n) is 7.01. The molecule has 2 aromatic carbocycles. The number of benzene rings is 2. The predicted molar refractivity (Wildman–Crippen MR) is 109 cm³/mol. The van der Waals surface area contributed by atoms with Crippen LogP contribution in [0.2, 0.25) is 5.02 Å². The number of ether oxygens (including phenoxy) is 1. The summed E-state index contributed by atoms with van der Waals surface area (Å²) in [5.41, 5.74) is 1.66. The normalized spacial score (nSPS) is 14.7. The Morgan fingerprint density at radius 2 is 1.71 bits per heavy atom. The Labute approximate surface area is 170 Å². The maximum Gasteiger partial charge on any atom is 0.251 e. The summed E-state index contributed by atoms with van der Waals surface area (Å²) in [6.07, 6.45) is 1.83. The van der Waals surface area contributed by atoms with Crippen LogP contribution in [-0.2, 0) is 16.1 Å². The van der Waals surface area contributed by atoms with Crippen molar-refractivity contribution < 1.29 is 14.3 Å². The van der Waals surface area contributed by atoms with Crippen LogP contribution in [0.15, 0.2) is 54.6 Å². The molecule has 148 valence electrons. The summed E-state index contributed by atoms with van der Waals surface area (Å²) >= 11 is 5.88. The van der Waals surface area contributed by atoms with Crippen molar-refractivity contribution in [2.24, 2.45) is 5.92 Å². The molecule has 1 aliphatic rings. The fourth-order valence-electron chi connectivity index (χ4n) is 3.23. The Bertz CT molecular complexity index is 772. The molecule has 1 heterocycles. The number of nitrogens with one attached hydrogen (secondary N) is 1. The van der Waals surface area contributed by atoms with E-state index in [2.05, 4.69) is 5.32 Å². The summed E-state index contributed by atoms with van der Waals surface area (Å²) in [5.74, 6) is 0.194. The highest BCUT2D eigenvalue weighted by Gasteiger charge is 2.23. The van der Waals surface area contributed by atoms with E-state index in [-0.39, 0.29) is 18.4 Å². The van der Waals surface area contributed by atoms with E-state index in [1.54, 1.807) is 24.3 Å². The number of nitrogens with zero attached hydrogens (tertiary/aromatic N) is 1. The molecule has 0 radical (unpaired) electrons.